The van der Waals surface area contributed by atoms with E-state index in [4.69, 9.17) is 9.26 Å². The van der Waals surface area contributed by atoms with Crippen LogP contribution in [-0.2, 0) is 4.74 Å². The Balaban J connectivity index is 1.44. The molecule has 2 aliphatic rings. The van der Waals surface area contributed by atoms with Crippen LogP contribution in [0.25, 0.3) is 0 Å². The molecule has 1 amide bonds. The molecule has 0 N–H and O–H groups in total. The highest BCUT2D eigenvalue weighted by molar-refractivity contribution is 7.03. The molecule has 2 aromatic heterocycles. The Morgan fingerprint density at radius 3 is 3.14 bits per heavy atom. The molecule has 0 saturated carbocycles. The zero-order valence-electron chi connectivity index (χ0n) is 12.0. The molecule has 0 aliphatic carbocycles. The molecule has 4 heterocycles. The normalized spacial score (nSPS) is 27.9. The third-order valence-corrected chi connectivity index (χ3v) is 4.71. The van der Waals surface area contributed by atoms with Crippen LogP contribution in [0.5, 0.6) is 0 Å². The van der Waals surface area contributed by atoms with Gasteiger partial charge in [0.05, 0.1) is 6.10 Å². The largest absolute Gasteiger partial charge is 0.365 e. The lowest BCUT2D eigenvalue weighted by Gasteiger charge is -2.33. The average molecular weight is 321 g/mol. The summed E-state index contributed by atoms with van der Waals surface area (Å²) >= 11 is 1.19. The minimum atomic E-state index is -0.160. The maximum Gasteiger partial charge on any atom is 0.275 e. The molecular formula is C13H15N5O3S. The number of hydrogen-bond donors (Lipinski definition) is 0. The number of aromatic nitrogens is 4. The first-order valence-corrected chi connectivity index (χ1v) is 8.06. The first-order chi connectivity index (χ1) is 10.7. The van der Waals surface area contributed by atoms with Gasteiger partial charge in [0, 0.05) is 24.4 Å². The van der Waals surface area contributed by atoms with Crippen molar-refractivity contribution in [3.05, 3.63) is 22.8 Å². The monoisotopic (exact) mass is 321 g/mol. The van der Waals surface area contributed by atoms with E-state index in [0.29, 0.717) is 36.4 Å². The molecular weight excluding hydrogens is 306 g/mol. The number of likely N-dealkylation sites (tertiary alicyclic amines) is 1. The van der Waals surface area contributed by atoms with E-state index in [1.165, 1.54) is 11.5 Å². The Labute approximate surface area is 130 Å². The molecule has 9 heteroatoms. The molecule has 2 fully saturated rings. The number of ether oxygens (including phenoxy) is 1. The van der Waals surface area contributed by atoms with Gasteiger partial charge < -0.3 is 14.2 Å². The molecule has 2 saturated heterocycles. The van der Waals surface area contributed by atoms with E-state index in [0.717, 1.165) is 12.8 Å². The molecule has 116 valence electrons. The van der Waals surface area contributed by atoms with Crippen LogP contribution in [0, 0.1) is 12.8 Å². The zero-order valence-corrected chi connectivity index (χ0v) is 12.8. The van der Waals surface area contributed by atoms with E-state index < -0.39 is 0 Å². The van der Waals surface area contributed by atoms with E-state index in [9.17, 15) is 4.79 Å². The number of hydrogen-bond acceptors (Lipinski definition) is 8. The van der Waals surface area contributed by atoms with Crippen LogP contribution in [0.1, 0.15) is 41.1 Å². The highest BCUT2D eigenvalue weighted by atomic mass is 32.1. The summed E-state index contributed by atoms with van der Waals surface area (Å²) in [6.45, 7) is 3.13. The summed E-state index contributed by atoms with van der Waals surface area (Å²) in [4.78, 5) is 18.4. The van der Waals surface area contributed by atoms with Crippen molar-refractivity contribution in [3.8, 4) is 0 Å². The Morgan fingerprint density at radius 2 is 2.41 bits per heavy atom. The first kappa shape index (κ1) is 13.8. The minimum absolute atomic E-state index is 0.0516. The Kier molecular flexibility index (Phi) is 3.38. The quantitative estimate of drug-likeness (QED) is 0.820. The van der Waals surface area contributed by atoms with Crippen LogP contribution in [-0.4, -0.2) is 49.7 Å². The van der Waals surface area contributed by atoms with Crippen LogP contribution >= 0.6 is 11.5 Å². The highest BCUT2D eigenvalue weighted by Crippen LogP contribution is 2.40. The van der Waals surface area contributed by atoms with Crippen LogP contribution in [0.15, 0.2) is 9.90 Å². The van der Waals surface area contributed by atoms with Gasteiger partial charge in [0.15, 0.2) is 11.5 Å². The minimum Gasteiger partial charge on any atom is -0.365 e. The van der Waals surface area contributed by atoms with Crippen LogP contribution in [0.3, 0.4) is 0 Å². The molecule has 0 aromatic carbocycles. The van der Waals surface area contributed by atoms with Gasteiger partial charge in [-0.2, -0.15) is 4.98 Å². The van der Waals surface area contributed by atoms with Gasteiger partial charge in [-0.05, 0) is 31.3 Å². The zero-order chi connectivity index (χ0) is 15.1. The van der Waals surface area contributed by atoms with E-state index in [-0.39, 0.29) is 18.1 Å². The van der Waals surface area contributed by atoms with Crippen molar-refractivity contribution >= 4 is 17.4 Å². The fourth-order valence-corrected chi connectivity index (χ4v) is 3.59. The maximum atomic E-state index is 12.4. The standard InChI is InChI=1S/C13H15N5O3S/c1-7-14-12(21-16-7)11-4-8-5-18(3-2-10(8)20-11)13(19)9-6-22-17-15-9/h6,8,10-11H,2-5H2,1H3/t8-,10+,11+/m0/s1. The number of aryl methyl sites for hydroxylation is 1. The smallest absolute Gasteiger partial charge is 0.275 e. The number of fused-ring (bicyclic) bond motifs is 1. The van der Waals surface area contributed by atoms with E-state index in [1.807, 2.05) is 4.90 Å². The molecule has 0 spiro atoms. The van der Waals surface area contributed by atoms with Gasteiger partial charge in [-0.15, -0.1) is 5.10 Å². The second-order valence-electron chi connectivity index (χ2n) is 5.67. The lowest BCUT2D eigenvalue weighted by Crippen LogP contribution is -2.44. The molecule has 4 rings (SSSR count). The maximum absolute atomic E-state index is 12.4. The second-order valence-corrected chi connectivity index (χ2v) is 6.28. The SMILES string of the molecule is Cc1noc([C@H]2C[C@H]3CN(C(=O)c4csnn4)CC[C@H]3O2)n1. The van der Waals surface area contributed by atoms with Crippen molar-refractivity contribution in [3.63, 3.8) is 0 Å². The number of piperidine rings is 1. The van der Waals surface area contributed by atoms with Crippen molar-refractivity contribution in [1.29, 1.82) is 0 Å². The van der Waals surface area contributed by atoms with Crippen LogP contribution in [0.2, 0.25) is 0 Å². The third kappa shape index (κ3) is 2.40. The molecule has 8 nitrogen and oxygen atoms in total. The van der Waals surface area contributed by atoms with E-state index in [1.54, 1.807) is 12.3 Å². The van der Waals surface area contributed by atoms with Gasteiger partial charge in [0.1, 0.15) is 6.10 Å². The van der Waals surface area contributed by atoms with Crippen molar-refractivity contribution in [2.45, 2.75) is 32.0 Å². The highest BCUT2D eigenvalue weighted by Gasteiger charge is 2.42. The van der Waals surface area contributed by atoms with E-state index >= 15 is 0 Å². The van der Waals surface area contributed by atoms with Crippen LogP contribution < -0.4 is 0 Å². The molecule has 22 heavy (non-hydrogen) atoms. The number of amides is 1. The lowest BCUT2D eigenvalue weighted by atomic mass is 9.92. The van der Waals surface area contributed by atoms with Gasteiger partial charge in [0.25, 0.3) is 11.8 Å². The second kappa shape index (κ2) is 5.40. The van der Waals surface area contributed by atoms with Crippen LogP contribution in [0.4, 0.5) is 0 Å². The summed E-state index contributed by atoms with van der Waals surface area (Å²) in [6.07, 6.45) is 1.60. The average Bonchev–Trinajstić information content (AvgIpc) is 3.25. The predicted octanol–water partition coefficient (Wildman–Crippen LogP) is 1.22. The van der Waals surface area contributed by atoms with Crippen molar-refractivity contribution < 1.29 is 14.1 Å². The summed E-state index contributed by atoms with van der Waals surface area (Å²) < 4.78 is 15.0. The number of rotatable bonds is 2. The molecule has 0 unspecified atom stereocenters. The summed E-state index contributed by atoms with van der Waals surface area (Å²) in [5.41, 5.74) is 0.423. The van der Waals surface area contributed by atoms with Gasteiger partial charge in [-0.1, -0.05) is 9.64 Å². The van der Waals surface area contributed by atoms with Gasteiger partial charge in [-0.25, -0.2) is 0 Å². The predicted molar refractivity (Wildman–Crippen MR) is 75.2 cm³/mol. The van der Waals surface area contributed by atoms with Gasteiger partial charge in [0.2, 0.25) is 0 Å². The van der Waals surface area contributed by atoms with Gasteiger partial charge >= 0.3 is 0 Å². The molecule has 3 atom stereocenters. The summed E-state index contributed by atoms with van der Waals surface area (Å²) in [6, 6.07) is 0. The number of nitrogens with zero attached hydrogens (tertiary/aromatic N) is 5. The summed E-state index contributed by atoms with van der Waals surface area (Å²) in [5.74, 6) is 1.39. The van der Waals surface area contributed by atoms with E-state index in [2.05, 4.69) is 19.7 Å². The third-order valence-electron chi connectivity index (χ3n) is 4.21. The van der Waals surface area contributed by atoms with Crippen molar-refractivity contribution in [2.24, 2.45) is 5.92 Å². The molecule has 2 aromatic rings. The topological polar surface area (TPSA) is 94.2 Å². The summed E-state index contributed by atoms with van der Waals surface area (Å²) in [7, 11) is 0. The fourth-order valence-electron chi connectivity index (χ4n) is 3.16. The number of carbonyl (C=O) groups excluding carboxylic acids is 1. The van der Waals surface area contributed by atoms with Crippen molar-refractivity contribution in [2.75, 3.05) is 13.1 Å². The first-order valence-electron chi connectivity index (χ1n) is 7.22. The lowest BCUT2D eigenvalue weighted by molar-refractivity contribution is -0.00786. The van der Waals surface area contributed by atoms with Crippen molar-refractivity contribution in [1.82, 2.24) is 24.6 Å². The Hall–Kier alpha value is -1.87. The molecule has 0 radical (unpaired) electrons. The molecule has 0 bridgehead atoms. The number of carbonyl (C=O) groups is 1. The van der Waals surface area contributed by atoms with Gasteiger partial charge in [-0.3, -0.25) is 4.79 Å². The Bertz CT molecular complexity index is 673. The fraction of sp³-hybridized carbons (Fsp3) is 0.615. The summed E-state index contributed by atoms with van der Waals surface area (Å²) in [5, 5.41) is 9.35. The Morgan fingerprint density at radius 1 is 1.50 bits per heavy atom. The molecule has 2 aliphatic heterocycles.